The van der Waals surface area contributed by atoms with E-state index in [2.05, 4.69) is 10.1 Å². The van der Waals surface area contributed by atoms with Crippen molar-refractivity contribution < 1.29 is 8.91 Å². The summed E-state index contributed by atoms with van der Waals surface area (Å²) < 4.78 is 18.6. The average Bonchev–Trinajstić information content (AvgIpc) is 3.16. The molecule has 0 saturated heterocycles. The molecule has 0 radical (unpaired) electrons. The van der Waals surface area contributed by atoms with Crippen LogP contribution in [0.25, 0.3) is 11.4 Å². The van der Waals surface area contributed by atoms with Crippen LogP contribution < -0.4 is 5.73 Å². The average molecular weight is 308 g/mol. The summed E-state index contributed by atoms with van der Waals surface area (Å²) >= 11 is 5.79. The van der Waals surface area contributed by atoms with Gasteiger partial charge in [0, 0.05) is 11.6 Å². The monoisotopic (exact) mass is 307 g/mol. The van der Waals surface area contributed by atoms with Crippen LogP contribution in [0.4, 0.5) is 4.39 Å². The zero-order valence-electron chi connectivity index (χ0n) is 11.3. The van der Waals surface area contributed by atoms with Crippen molar-refractivity contribution in [2.45, 2.75) is 31.2 Å². The standard InChI is InChI=1S/C15H15ClFN3O/c16-10-6-9(3-4-11(10)17)14-19-15(21-20-14)12-7-1-2-8(5-7)13(12)18/h3-4,6-8,12-13H,1-2,5,18H2. The summed E-state index contributed by atoms with van der Waals surface area (Å²) in [5.74, 6) is 1.86. The van der Waals surface area contributed by atoms with E-state index in [1.807, 2.05) is 0 Å². The molecule has 21 heavy (non-hydrogen) atoms. The van der Waals surface area contributed by atoms with Crippen molar-refractivity contribution in [2.75, 3.05) is 0 Å². The molecule has 4 atom stereocenters. The Bertz CT molecular complexity index is 687. The number of rotatable bonds is 2. The lowest BCUT2D eigenvalue weighted by molar-refractivity contribution is 0.279. The minimum Gasteiger partial charge on any atom is -0.339 e. The number of nitrogens with zero attached hydrogens (tertiary/aromatic N) is 2. The first kappa shape index (κ1) is 13.2. The molecule has 0 amide bonds. The van der Waals surface area contributed by atoms with Crippen LogP contribution in [0.1, 0.15) is 31.1 Å². The highest BCUT2D eigenvalue weighted by atomic mass is 35.5. The van der Waals surface area contributed by atoms with Crippen LogP contribution in [0.2, 0.25) is 5.02 Å². The summed E-state index contributed by atoms with van der Waals surface area (Å²) in [5, 5.41) is 4.05. The highest BCUT2D eigenvalue weighted by Gasteiger charge is 2.48. The largest absolute Gasteiger partial charge is 0.339 e. The highest BCUT2D eigenvalue weighted by molar-refractivity contribution is 6.31. The summed E-state index contributed by atoms with van der Waals surface area (Å²) in [4.78, 5) is 4.46. The van der Waals surface area contributed by atoms with Gasteiger partial charge in [0.15, 0.2) is 0 Å². The van der Waals surface area contributed by atoms with E-state index in [-0.39, 0.29) is 17.0 Å². The molecular weight excluding hydrogens is 293 g/mol. The lowest BCUT2D eigenvalue weighted by Crippen LogP contribution is -2.34. The van der Waals surface area contributed by atoms with Gasteiger partial charge >= 0.3 is 0 Å². The van der Waals surface area contributed by atoms with Crippen LogP contribution in [-0.2, 0) is 0 Å². The normalized spacial score (nSPS) is 31.0. The molecule has 6 heteroatoms. The Morgan fingerprint density at radius 2 is 2.10 bits per heavy atom. The van der Waals surface area contributed by atoms with Gasteiger partial charge in [0.2, 0.25) is 11.7 Å². The first-order valence-electron chi connectivity index (χ1n) is 7.18. The molecule has 2 aromatic rings. The molecular formula is C15H15ClFN3O. The summed E-state index contributed by atoms with van der Waals surface area (Å²) in [6.07, 6.45) is 3.55. The highest BCUT2D eigenvalue weighted by Crippen LogP contribution is 2.51. The van der Waals surface area contributed by atoms with Crippen molar-refractivity contribution in [2.24, 2.45) is 17.6 Å². The smallest absolute Gasteiger partial charge is 0.231 e. The number of halogens is 2. The molecule has 2 aliphatic rings. The van der Waals surface area contributed by atoms with E-state index in [0.29, 0.717) is 29.1 Å². The van der Waals surface area contributed by atoms with Crippen LogP contribution in [0.15, 0.2) is 22.7 Å². The molecule has 0 aliphatic heterocycles. The maximum Gasteiger partial charge on any atom is 0.231 e. The maximum absolute atomic E-state index is 13.2. The molecule has 110 valence electrons. The molecule has 2 saturated carbocycles. The van der Waals surface area contributed by atoms with E-state index in [1.165, 1.54) is 25.0 Å². The topological polar surface area (TPSA) is 64.9 Å². The van der Waals surface area contributed by atoms with Crippen molar-refractivity contribution in [1.82, 2.24) is 10.1 Å². The lowest BCUT2D eigenvalue weighted by Gasteiger charge is -2.24. The van der Waals surface area contributed by atoms with Crippen molar-refractivity contribution in [3.8, 4) is 11.4 Å². The molecule has 4 unspecified atom stereocenters. The zero-order valence-corrected chi connectivity index (χ0v) is 12.1. The molecule has 1 aromatic heterocycles. The Labute approximate surface area is 126 Å². The fourth-order valence-electron chi connectivity index (χ4n) is 3.83. The van der Waals surface area contributed by atoms with Crippen molar-refractivity contribution >= 4 is 11.6 Å². The second kappa shape index (κ2) is 4.78. The van der Waals surface area contributed by atoms with Gasteiger partial charge in [0.05, 0.1) is 10.9 Å². The summed E-state index contributed by atoms with van der Waals surface area (Å²) in [6, 6.07) is 4.51. The third-order valence-corrected chi connectivity index (χ3v) is 5.17. The van der Waals surface area contributed by atoms with Crippen molar-refractivity contribution in [3.63, 3.8) is 0 Å². The van der Waals surface area contributed by atoms with Gasteiger partial charge in [0.25, 0.3) is 0 Å². The van der Waals surface area contributed by atoms with Gasteiger partial charge in [-0.25, -0.2) is 4.39 Å². The third-order valence-electron chi connectivity index (χ3n) is 4.89. The van der Waals surface area contributed by atoms with Crippen LogP contribution in [0.5, 0.6) is 0 Å². The van der Waals surface area contributed by atoms with E-state index < -0.39 is 5.82 Å². The molecule has 4 nitrogen and oxygen atoms in total. The Hall–Kier alpha value is -1.46. The van der Waals surface area contributed by atoms with E-state index in [0.717, 1.165) is 6.42 Å². The van der Waals surface area contributed by atoms with Crippen LogP contribution in [0, 0.1) is 17.7 Å². The molecule has 2 fully saturated rings. The Balaban J connectivity index is 1.65. The van der Waals surface area contributed by atoms with Gasteiger partial charge in [-0.1, -0.05) is 16.8 Å². The SMILES string of the molecule is NC1C2CCC(C2)C1c1nc(-c2ccc(F)c(Cl)c2)no1. The van der Waals surface area contributed by atoms with E-state index >= 15 is 0 Å². The Morgan fingerprint density at radius 1 is 1.29 bits per heavy atom. The first-order chi connectivity index (χ1) is 10.1. The molecule has 1 aromatic carbocycles. The Morgan fingerprint density at radius 3 is 2.81 bits per heavy atom. The molecule has 2 aliphatic carbocycles. The summed E-state index contributed by atoms with van der Waals surface area (Å²) in [5.41, 5.74) is 6.94. The minimum absolute atomic E-state index is 0.0514. The van der Waals surface area contributed by atoms with Gasteiger partial charge in [-0.2, -0.15) is 4.98 Å². The van der Waals surface area contributed by atoms with E-state index in [4.69, 9.17) is 21.9 Å². The molecule has 1 heterocycles. The van der Waals surface area contributed by atoms with Gasteiger partial charge in [-0.3, -0.25) is 0 Å². The molecule has 4 rings (SSSR count). The molecule has 2 N–H and O–H groups in total. The summed E-state index contributed by atoms with van der Waals surface area (Å²) in [6.45, 7) is 0. The fraction of sp³-hybridized carbons (Fsp3) is 0.467. The fourth-order valence-corrected chi connectivity index (χ4v) is 4.01. The third kappa shape index (κ3) is 2.07. The van der Waals surface area contributed by atoms with E-state index in [9.17, 15) is 4.39 Å². The van der Waals surface area contributed by atoms with Gasteiger partial charge in [-0.15, -0.1) is 0 Å². The van der Waals surface area contributed by atoms with Crippen LogP contribution >= 0.6 is 11.6 Å². The second-order valence-electron chi connectivity index (χ2n) is 6.02. The van der Waals surface area contributed by atoms with Gasteiger partial charge < -0.3 is 10.3 Å². The maximum atomic E-state index is 13.2. The number of nitrogens with two attached hydrogens (primary N) is 1. The number of benzene rings is 1. The zero-order chi connectivity index (χ0) is 14.6. The lowest BCUT2D eigenvalue weighted by atomic mass is 9.85. The number of hydrogen-bond acceptors (Lipinski definition) is 4. The van der Waals surface area contributed by atoms with Gasteiger partial charge in [0.1, 0.15) is 5.82 Å². The van der Waals surface area contributed by atoms with Crippen LogP contribution in [0.3, 0.4) is 0 Å². The van der Waals surface area contributed by atoms with Crippen LogP contribution in [-0.4, -0.2) is 16.2 Å². The predicted octanol–water partition coefficient (Wildman–Crippen LogP) is 3.37. The molecule has 2 bridgehead atoms. The van der Waals surface area contributed by atoms with Crippen molar-refractivity contribution in [1.29, 1.82) is 0 Å². The molecule has 0 spiro atoms. The number of fused-ring (bicyclic) bond motifs is 2. The minimum atomic E-state index is -0.459. The Kier molecular flexibility index (Phi) is 3.01. The van der Waals surface area contributed by atoms with E-state index in [1.54, 1.807) is 6.07 Å². The van der Waals surface area contributed by atoms with Gasteiger partial charge in [-0.05, 0) is 49.3 Å². The number of aromatic nitrogens is 2. The first-order valence-corrected chi connectivity index (χ1v) is 7.56. The second-order valence-corrected chi connectivity index (χ2v) is 6.43. The quantitative estimate of drug-likeness (QED) is 0.924. The van der Waals surface area contributed by atoms with Crippen molar-refractivity contribution in [3.05, 3.63) is 34.9 Å². The predicted molar refractivity (Wildman–Crippen MR) is 76.2 cm³/mol. The number of hydrogen-bond donors (Lipinski definition) is 1. The summed E-state index contributed by atoms with van der Waals surface area (Å²) in [7, 11) is 0.